The van der Waals surface area contributed by atoms with E-state index in [2.05, 4.69) is 5.32 Å². The fourth-order valence-electron chi connectivity index (χ4n) is 1.63. The molecule has 0 bridgehead atoms. The van der Waals surface area contributed by atoms with Crippen molar-refractivity contribution in [2.24, 2.45) is 0 Å². The number of nitrogens with one attached hydrogen (secondary N) is 1. The number of nitrogens with two attached hydrogens (primary N) is 1. The van der Waals surface area contributed by atoms with Crippen LogP contribution in [-0.2, 0) is 0 Å². The number of hydrogen-bond donors (Lipinski definition) is 2. The van der Waals surface area contributed by atoms with E-state index in [1.54, 1.807) is 0 Å². The van der Waals surface area contributed by atoms with Gasteiger partial charge in [-0.15, -0.1) is 0 Å². The minimum absolute atomic E-state index is 0.00461. The molecule has 0 heterocycles. The number of carbonyl (C=O) groups is 1. The summed E-state index contributed by atoms with van der Waals surface area (Å²) in [6.07, 6.45) is 0. The lowest BCUT2D eigenvalue weighted by atomic mass is 10.1. The van der Waals surface area contributed by atoms with Crippen LogP contribution in [0.5, 0.6) is 0 Å². The molecule has 2 aromatic carbocycles. The van der Waals surface area contributed by atoms with Crippen LogP contribution >= 0.6 is 11.6 Å². The van der Waals surface area contributed by atoms with Gasteiger partial charge in [-0.3, -0.25) is 4.79 Å². The van der Waals surface area contributed by atoms with Crippen molar-refractivity contribution in [3.8, 4) is 0 Å². The molecule has 0 radical (unpaired) electrons. The van der Waals surface area contributed by atoms with E-state index in [-0.39, 0.29) is 27.5 Å². The minimum Gasteiger partial charge on any atom is -0.398 e. The molecule has 0 spiro atoms. The number of carbonyl (C=O) groups excluding carboxylic acids is 1. The Labute approximate surface area is 119 Å². The standard InChI is InChI=1S/C14H11ClF2N2O/c1-7-10(16)5-8(6-11(7)18)14(20)19-12-4-2-3-9(15)13(12)17/h2-6H,18H2,1H3,(H,19,20). The van der Waals surface area contributed by atoms with Gasteiger partial charge in [0.2, 0.25) is 0 Å². The summed E-state index contributed by atoms with van der Waals surface area (Å²) in [7, 11) is 0. The molecule has 6 heteroatoms. The lowest BCUT2D eigenvalue weighted by molar-refractivity contribution is 0.102. The van der Waals surface area contributed by atoms with Crippen molar-refractivity contribution in [1.82, 2.24) is 0 Å². The van der Waals surface area contributed by atoms with Gasteiger partial charge in [0.1, 0.15) is 5.82 Å². The van der Waals surface area contributed by atoms with Gasteiger partial charge in [-0.2, -0.15) is 0 Å². The van der Waals surface area contributed by atoms with Gasteiger partial charge < -0.3 is 11.1 Å². The van der Waals surface area contributed by atoms with Crippen LogP contribution in [0.3, 0.4) is 0 Å². The Morgan fingerprint density at radius 2 is 2.00 bits per heavy atom. The maximum atomic E-state index is 13.7. The van der Waals surface area contributed by atoms with Crippen LogP contribution in [-0.4, -0.2) is 5.91 Å². The first-order valence-electron chi connectivity index (χ1n) is 5.71. The van der Waals surface area contributed by atoms with Gasteiger partial charge in [0.25, 0.3) is 5.91 Å². The number of halogens is 3. The molecular formula is C14H11ClF2N2O. The van der Waals surface area contributed by atoms with Gasteiger partial charge in [0.05, 0.1) is 10.7 Å². The third-order valence-corrected chi connectivity index (χ3v) is 3.14. The summed E-state index contributed by atoms with van der Waals surface area (Å²) >= 11 is 5.61. The smallest absolute Gasteiger partial charge is 0.255 e. The molecule has 0 saturated heterocycles. The Hall–Kier alpha value is -2.14. The number of rotatable bonds is 2. The van der Waals surface area contributed by atoms with Crippen molar-refractivity contribution >= 4 is 28.9 Å². The molecule has 2 rings (SSSR count). The summed E-state index contributed by atoms with van der Waals surface area (Å²) in [6, 6.07) is 6.58. The van der Waals surface area contributed by atoms with Crippen LogP contribution in [0, 0.1) is 18.6 Å². The highest BCUT2D eigenvalue weighted by atomic mass is 35.5. The fraction of sp³-hybridized carbons (Fsp3) is 0.0714. The average Bonchev–Trinajstić information content (AvgIpc) is 2.40. The Morgan fingerprint density at radius 3 is 2.65 bits per heavy atom. The number of hydrogen-bond acceptors (Lipinski definition) is 2. The summed E-state index contributed by atoms with van der Waals surface area (Å²) in [4.78, 5) is 12.0. The van der Waals surface area contributed by atoms with Crippen LogP contribution in [0.15, 0.2) is 30.3 Å². The third-order valence-electron chi connectivity index (χ3n) is 2.85. The monoisotopic (exact) mass is 296 g/mol. The zero-order valence-electron chi connectivity index (χ0n) is 10.5. The Kier molecular flexibility index (Phi) is 3.90. The van der Waals surface area contributed by atoms with Crippen molar-refractivity contribution in [1.29, 1.82) is 0 Å². The van der Waals surface area contributed by atoms with E-state index in [4.69, 9.17) is 17.3 Å². The molecule has 0 atom stereocenters. The lowest BCUT2D eigenvalue weighted by Crippen LogP contribution is -2.14. The second kappa shape index (κ2) is 5.46. The number of nitrogen functional groups attached to an aromatic ring is 1. The van der Waals surface area contributed by atoms with E-state index in [0.717, 1.165) is 6.07 Å². The average molecular weight is 297 g/mol. The maximum absolute atomic E-state index is 13.7. The summed E-state index contributed by atoms with van der Waals surface area (Å²) < 4.78 is 27.2. The molecular weight excluding hydrogens is 286 g/mol. The quantitative estimate of drug-likeness (QED) is 0.829. The summed E-state index contributed by atoms with van der Waals surface area (Å²) in [5.41, 5.74) is 5.93. The van der Waals surface area contributed by atoms with E-state index in [1.807, 2.05) is 0 Å². The summed E-state index contributed by atoms with van der Waals surface area (Å²) in [5, 5.41) is 2.21. The van der Waals surface area contributed by atoms with Crippen molar-refractivity contribution in [3.05, 3.63) is 58.1 Å². The van der Waals surface area contributed by atoms with Crippen molar-refractivity contribution in [2.75, 3.05) is 11.1 Å². The molecule has 0 saturated carbocycles. The first kappa shape index (κ1) is 14.3. The first-order valence-corrected chi connectivity index (χ1v) is 6.09. The van der Waals surface area contributed by atoms with Gasteiger partial charge in [0.15, 0.2) is 5.82 Å². The van der Waals surface area contributed by atoms with Crippen LogP contribution in [0.2, 0.25) is 5.02 Å². The topological polar surface area (TPSA) is 55.1 Å². The van der Waals surface area contributed by atoms with Crippen LogP contribution < -0.4 is 11.1 Å². The fourth-order valence-corrected chi connectivity index (χ4v) is 1.80. The molecule has 0 aliphatic rings. The lowest BCUT2D eigenvalue weighted by Gasteiger charge is -2.09. The van der Waals surface area contributed by atoms with Crippen LogP contribution in [0.4, 0.5) is 20.2 Å². The highest BCUT2D eigenvalue weighted by Crippen LogP contribution is 2.23. The molecule has 0 fully saturated rings. The molecule has 20 heavy (non-hydrogen) atoms. The molecule has 0 unspecified atom stereocenters. The highest BCUT2D eigenvalue weighted by molar-refractivity contribution is 6.31. The van der Waals surface area contributed by atoms with Crippen molar-refractivity contribution in [2.45, 2.75) is 6.92 Å². The van der Waals surface area contributed by atoms with E-state index in [9.17, 15) is 13.6 Å². The van der Waals surface area contributed by atoms with Gasteiger partial charge in [0, 0.05) is 16.8 Å². The number of anilines is 2. The SMILES string of the molecule is Cc1c(N)cc(C(=O)Nc2cccc(Cl)c2F)cc1F. The van der Waals surface area contributed by atoms with Gasteiger partial charge in [-0.05, 0) is 31.2 Å². The van der Waals surface area contributed by atoms with Crippen LogP contribution in [0.1, 0.15) is 15.9 Å². The van der Waals surface area contributed by atoms with Gasteiger partial charge in [-0.1, -0.05) is 17.7 Å². The van der Waals surface area contributed by atoms with E-state index >= 15 is 0 Å². The van der Waals surface area contributed by atoms with E-state index in [1.165, 1.54) is 31.2 Å². The second-order valence-electron chi connectivity index (χ2n) is 4.23. The number of benzene rings is 2. The molecule has 0 aliphatic heterocycles. The highest BCUT2D eigenvalue weighted by Gasteiger charge is 2.14. The van der Waals surface area contributed by atoms with Crippen molar-refractivity contribution in [3.63, 3.8) is 0 Å². The van der Waals surface area contributed by atoms with Crippen LogP contribution in [0.25, 0.3) is 0 Å². The third kappa shape index (κ3) is 2.72. The largest absolute Gasteiger partial charge is 0.398 e. The minimum atomic E-state index is -0.747. The second-order valence-corrected chi connectivity index (χ2v) is 4.63. The molecule has 3 N–H and O–H groups in total. The zero-order chi connectivity index (χ0) is 14.9. The molecule has 2 aromatic rings. The van der Waals surface area contributed by atoms with Gasteiger partial charge in [-0.25, -0.2) is 8.78 Å². The maximum Gasteiger partial charge on any atom is 0.255 e. The van der Waals surface area contributed by atoms with E-state index in [0.29, 0.717) is 0 Å². The summed E-state index contributed by atoms with van der Waals surface area (Å²) in [6.45, 7) is 1.50. The van der Waals surface area contributed by atoms with E-state index < -0.39 is 17.5 Å². The summed E-state index contributed by atoms with van der Waals surface area (Å²) in [5.74, 6) is -2.01. The molecule has 3 nitrogen and oxygen atoms in total. The molecule has 104 valence electrons. The molecule has 0 aromatic heterocycles. The van der Waals surface area contributed by atoms with Gasteiger partial charge >= 0.3 is 0 Å². The molecule has 1 amide bonds. The molecule has 0 aliphatic carbocycles. The Morgan fingerprint density at radius 1 is 1.30 bits per heavy atom. The predicted molar refractivity (Wildman–Crippen MR) is 74.9 cm³/mol. The predicted octanol–water partition coefficient (Wildman–Crippen LogP) is 3.76. The normalized spacial score (nSPS) is 10.4. The first-order chi connectivity index (χ1) is 9.40. The zero-order valence-corrected chi connectivity index (χ0v) is 11.3. The Balaban J connectivity index is 2.31. The van der Waals surface area contributed by atoms with Crippen molar-refractivity contribution < 1.29 is 13.6 Å². The number of amides is 1. The Bertz CT molecular complexity index is 666.